The molecule has 0 radical (unpaired) electrons. The van der Waals surface area contributed by atoms with Gasteiger partial charge >= 0.3 is 24.2 Å². The fourth-order valence-corrected chi connectivity index (χ4v) is 6.39. The number of aliphatic carboxylic acids is 1. The van der Waals surface area contributed by atoms with Crippen molar-refractivity contribution in [3.8, 4) is 5.75 Å². The molecule has 3 aromatic carbocycles. The highest BCUT2D eigenvalue weighted by Gasteiger charge is 2.37. The lowest BCUT2D eigenvalue weighted by Gasteiger charge is -2.30. The van der Waals surface area contributed by atoms with Crippen LogP contribution in [-0.4, -0.2) is 96.0 Å². The molecule has 2 N–H and O–H groups in total. The molecule has 0 bridgehead atoms. The van der Waals surface area contributed by atoms with Crippen molar-refractivity contribution in [2.75, 3.05) is 6.54 Å². The number of carbonyl (C=O) groups excluding carboxylic acids is 5. The van der Waals surface area contributed by atoms with Crippen LogP contribution in [0.25, 0.3) is 0 Å². The average Bonchev–Trinajstić information content (AvgIpc) is 3.59. The molecule has 64 heavy (non-hydrogen) atoms. The van der Waals surface area contributed by atoms with E-state index < -0.39 is 58.8 Å². The molecule has 0 spiro atoms. The SMILES string of the molecule is CC(C)(C)OC(=O)N=C(c1ccc(C(=O)N[C@@H](Cc2ccc(OCc3ccccc3)cc2)C(=O)N2CCc3nn(CC(=O)O)cc3C2)cc1)N(C(=O)OC(C)(C)C)C(=O)OC(C)(C)C. The highest BCUT2D eigenvalue weighted by atomic mass is 16.6. The molecule has 0 fully saturated rings. The Morgan fingerprint density at radius 3 is 1.91 bits per heavy atom. The molecule has 5 amide bonds. The maximum absolute atomic E-state index is 14.3. The van der Waals surface area contributed by atoms with Crippen molar-refractivity contribution in [3.63, 3.8) is 0 Å². The third-order valence-electron chi connectivity index (χ3n) is 9.09. The van der Waals surface area contributed by atoms with Crippen LogP contribution < -0.4 is 10.1 Å². The quantitative estimate of drug-likeness (QED) is 0.0863. The van der Waals surface area contributed by atoms with Gasteiger partial charge < -0.3 is 34.3 Å². The molecule has 1 atom stereocenters. The van der Waals surface area contributed by atoms with Crippen LogP contribution in [0.3, 0.4) is 0 Å². The summed E-state index contributed by atoms with van der Waals surface area (Å²) in [5, 5.41) is 16.5. The van der Waals surface area contributed by atoms with Crippen molar-refractivity contribution in [1.29, 1.82) is 0 Å². The summed E-state index contributed by atoms with van der Waals surface area (Å²) in [6, 6.07) is 21.4. The van der Waals surface area contributed by atoms with Crippen molar-refractivity contribution in [1.82, 2.24) is 24.9 Å². The van der Waals surface area contributed by atoms with Gasteiger partial charge in [-0.1, -0.05) is 54.6 Å². The van der Waals surface area contributed by atoms with Crippen molar-refractivity contribution >= 4 is 41.9 Å². The first-order valence-electron chi connectivity index (χ1n) is 20.7. The monoisotopic (exact) mass is 880 g/mol. The molecule has 340 valence electrons. The number of fused-ring (bicyclic) bond motifs is 1. The normalized spacial score (nSPS) is 13.5. The van der Waals surface area contributed by atoms with Gasteiger partial charge in [0, 0.05) is 48.8 Å². The third kappa shape index (κ3) is 14.3. The first-order chi connectivity index (χ1) is 29.9. The second kappa shape index (κ2) is 20.0. The topological polar surface area (TPSA) is 208 Å². The maximum atomic E-state index is 14.3. The Bertz CT molecular complexity index is 2330. The summed E-state index contributed by atoms with van der Waals surface area (Å²) in [6.45, 7) is 15.0. The van der Waals surface area contributed by atoms with E-state index >= 15 is 0 Å². The van der Waals surface area contributed by atoms with Crippen LogP contribution in [0.2, 0.25) is 0 Å². The van der Waals surface area contributed by atoms with Gasteiger partial charge in [0.2, 0.25) is 5.91 Å². The van der Waals surface area contributed by atoms with E-state index in [2.05, 4.69) is 15.4 Å². The third-order valence-corrected chi connectivity index (χ3v) is 9.09. The molecule has 1 aliphatic rings. The number of hydrogen-bond donors (Lipinski definition) is 2. The van der Waals surface area contributed by atoms with E-state index in [1.54, 1.807) is 85.5 Å². The lowest BCUT2D eigenvalue weighted by atomic mass is 10.0. The summed E-state index contributed by atoms with van der Waals surface area (Å²) in [5.41, 5.74) is 0.167. The molecule has 0 saturated heterocycles. The van der Waals surface area contributed by atoms with Gasteiger partial charge in [0.05, 0.1) is 5.69 Å². The minimum absolute atomic E-state index is 0.0499. The van der Waals surface area contributed by atoms with Crippen molar-refractivity contribution in [2.45, 2.75) is 118 Å². The van der Waals surface area contributed by atoms with Gasteiger partial charge in [-0.15, -0.1) is 0 Å². The smallest absolute Gasteiger partial charge is 0.436 e. The maximum Gasteiger partial charge on any atom is 0.436 e. The Kier molecular flexibility index (Phi) is 15.0. The Labute approximate surface area is 372 Å². The first kappa shape index (κ1) is 48.0. The molecule has 1 aliphatic heterocycles. The molecule has 0 saturated carbocycles. The molecule has 4 aromatic rings. The highest BCUT2D eigenvalue weighted by Crippen LogP contribution is 2.23. The van der Waals surface area contributed by atoms with Crippen molar-refractivity contribution < 1.29 is 52.8 Å². The van der Waals surface area contributed by atoms with Gasteiger partial charge in [0.25, 0.3) is 5.91 Å². The molecular weight excluding hydrogens is 825 g/mol. The predicted molar refractivity (Wildman–Crippen MR) is 235 cm³/mol. The van der Waals surface area contributed by atoms with E-state index in [9.17, 15) is 33.9 Å². The minimum atomic E-state index is -1.18. The fraction of sp³-hybridized carbons (Fsp3) is 0.404. The molecule has 0 unspecified atom stereocenters. The van der Waals surface area contributed by atoms with E-state index in [-0.39, 0.29) is 43.1 Å². The number of imide groups is 1. The fourth-order valence-electron chi connectivity index (χ4n) is 6.39. The first-order valence-corrected chi connectivity index (χ1v) is 20.7. The zero-order valence-corrected chi connectivity index (χ0v) is 37.7. The Balaban J connectivity index is 1.44. The zero-order valence-electron chi connectivity index (χ0n) is 37.7. The van der Waals surface area contributed by atoms with Crippen LogP contribution in [0.4, 0.5) is 14.4 Å². The summed E-state index contributed by atoms with van der Waals surface area (Å²) in [7, 11) is 0. The van der Waals surface area contributed by atoms with E-state index in [4.69, 9.17) is 18.9 Å². The average molecular weight is 881 g/mol. The number of carbonyl (C=O) groups is 6. The van der Waals surface area contributed by atoms with Crippen molar-refractivity contribution in [2.24, 2.45) is 4.99 Å². The van der Waals surface area contributed by atoms with E-state index in [0.29, 0.717) is 34.9 Å². The standard InChI is InChI=1S/C47H56N6O11/c1-45(2,3)62-42(58)49-39(53(43(59)63-46(4,5)6)44(60)64-47(7,8)9)32-17-19-33(20-18-32)40(56)48-37(25-30-15-21-35(22-16-30)61-29-31-13-11-10-12-14-31)41(57)51-24-23-36-34(26-51)27-52(50-36)28-38(54)55/h10-22,27,37H,23-26,28-29H2,1-9H3,(H,48,56)(H,54,55)/t37-/m0/s1. The zero-order chi connectivity index (χ0) is 47.0. The predicted octanol–water partition coefficient (Wildman–Crippen LogP) is 7.33. The molecule has 0 aliphatic carbocycles. The van der Waals surface area contributed by atoms with Crippen molar-refractivity contribution in [3.05, 3.63) is 119 Å². The van der Waals surface area contributed by atoms with E-state index in [1.165, 1.54) is 28.9 Å². The second-order valence-corrected chi connectivity index (χ2v) is 18.1. The van der Waals surface area contributed by atoms with Gasteiger partial charge in [-0.3, -0.25) is 19.1 Å². The summed E-state index contributed by atoms with van der Waals surface area (Å²) in [4.78, 5) is 86.3. The van der Waals surface area contributed by atoms with Crippen LogP contribution in [0.1, 0.15) is 101 Å². The van der Waals surface area contributed by atoms with Gasteiger partial charge in [0.15, 0.2) is 5.84 Å². The number of rotatable bonds is 11. The van der Waals surface area contributed by atoms with Crippen LogP contribution >= 0.6 is 0 Å². The van der Waals surface area contributed by atoms with Crippen LogP contribution in [-0.2, 0) is 56.3 Å². The Morgan fingerprint density at radius 1 is 0.766 bits per heavy atom. The number of nitrogens with one attached hydrogen (secondary N) is 1. The molecule has 1 aromatic heterocycles. The largest absolute Gasteiger partial charge is 0.489 e. The van der Waals surface area contributed by atoms with Gasteiger partial charge in [0.1, 0.15) is 41.7 Å². The lowest BCUT2D eigenvalue weighted by Crippen LogP contribution is -2.50. The number of aliphatic imine (C=N–C) groups is 1. The van der Waals surface area contributed by atoms with Gasteiger partial charge in [-0.2, -0.15) is 15.0 Å². The number of carboxylic acids is 1. The summed E-state index contributed by atoms with van der Waals surface area (Å²) < 4.78 is 23.8. The highest BCUT2D eigenvalue weighted by molar-refractivity contribution is 6.18. The second-order valence-electron chi connectivity index (χ2n) is 18.1. The Hall–Kier alpha value is -7.04. The lowest BCUT2D eigenvalue weighted by molar-refractivity contribution is -0.138. The number of amides is 5. The van der Waals surface area contributed by atoms with Gasteiger partial charge in [-0.05, 0) is 97.7 Å². The number of ether oxygens (including phenoxy) is 4. The number of amidine groups is 1. The Morgan fingerprint density at radius 2 is 1.34 bits per heavy atom. The van der Waals surface area contributed by atoms with E-state index in [1.807, 2.05) is 42.5 Å². The molecule has 5 rings (SSSR count). The number of nitrogens with zero attached hydrogens (tertiary/aromatic N) is 5. The molecule has 17 heteroatoms. The van der Waals surface area contributed by atoms with Crippen LogP contribution in [0, 0.1) is 0 Å². The number of benzene rings is 3. The molecule has 2 heterocycles. The van der Waals surface area contributed by atoms with Crippen LogP contribution in [0.15, 0.2) is 90.1 Å². The molecule has 17 nitrogen and oxygen atoms in total. The molecular formula is C47H56N6O11. The summed E-state index contributed by atoms with van der Waals surface area (Å²) >= 11 is 0. The summed E-state index contributed by atoms with van der Waals surface area (Å²) in [5.74, 6) is -1.90. The van der Waals surface area contributed by atoms with Gasteiger partial charge in [-0.25, -0.2) is 14.4 Å². The van der Waals surface area contributed by atoms with E-state index in [0.717, 1.165) is 11.1 Å². The number of carboxylic acid groups (broad SMARTS) is 1. The summed E-state index contributed by atoms with van der Waals surface area (Å²) in [6.07, 6.45) is -1.36. The minimum Gasteiger partial charge on any atom is -0.489 e. The number of hydrogen-bond acceptors (Lipinski definition) is 11. The van der Waals surface area contributed by atoms with Crippen LogP contribution in [0.5, 0.6) is 5.75 Å². The number of aromatic nitrogens is 2.